The molecule has 0 heterocycles. The van der Waals surface area contributed by atoms with Crippen LogP contribution < -0.4 is 0 Å². The highest BCUT2D eigenvalue weighted by atomic mass is 16.4. The number of oxime groups is 1. The second-order valence-corrected chi connectivity index (χ2v) is 5.42. The number of rotatable bonds is 3. The van der Waals surface area contributed by atoms with Crippen LogP contribution in [0.5, 0.6) is 0 Å². The molecule has 0 aliphatic carbocycles. The molecule has 0 aromatic heterocycles. The molecule has 0 saturated heterocycles. The predicted octanol–water partition coefficient (Wildman–Crippen LogP) is 3.83. The molecule has 2 rings (SSSR count). The second kappa shape index (κ2) is 6.10. The normalized spacial score (nSPS) is 13.3. The van der Waals surface area contributed by atoms with E-state index in [9.17, 15) is 10.3 Å². The Kier molecular flexibility index (Phi) is 4.43. The van der Waals surface area contributed by atoms with Gasteiger partial charge in [-0.25, -0.2) is 0 Å². The van der Waals surface area contributed by atoms with Crippen molar-refractivity contribution < 1.29 is 10.3 Å². The minimum Gasteiger partial charge on any atom is -0.411 e. The Bertz CT molecular complexity index is 690. The topological polar surface area (TPSA) is 52.8 Å². The van der Waals surface area contributed by atoms with E-state index in [1.165, 1.54) is 0 Å². The first kappa shape index (κ1) is 15.3. The Morgan fingerprint density at radius 2 is 1.48 bits per heavy atom. The van der Waals surface area contributed by atoms with E-state index in [0.717, 1.165) is 33.4 Å². The molecule has 1 unspecified atom stereocenters. The highest BCUT2D eigenvalue weighted by Gasteiger charge is 2.21. The molecule has 0 fully saturated rings. The third-order valence-corrected chi connectivity index (χ3v) is 4.19. The zero-order valence-electron chi connectivity index (χ0n) is 12.9. The Labute approximate surface area is 125 Å². The van der Waals surface area contributed by atoms with E-state index in [1.807, 2.05) is 64.1 Å². The van der Waals surface area contributed by atoms with Gasteiger partial charge in [0.2, 0.25) is 0 Å². The number of hydrogen-bond acceptors (Lipinski definition) is 3. The van der Waals surface area contributed by atoms with Crippen molar-refractivity contribution in [2.75, 3.05) is 0 Å². The summed E-state index contributed by atoms with van der Waals surface area (Å²) in [6.45, 7) is 7.93. The molecule has 0 radical (unpaired) electrons. The van der Waals surface area contributed by atoms with Crippen molar-refractivity contribution in [1.82, 2.24) is 0 Å². The molecule has 3 heteroatoms. The summed E-state index contributed by atoms with van der Waals surface area (Å²) in [7, 11) is 0. The predicted molar refractivity (Wildman–Crippen MR) is 85.1 cm³/mol. The third-order valence-electron chi connectivity index (χ3n) is 4.19. The smallest absolute Gasteiger partial charge is 0.125 e. The Balaban J connectivity index is 2.52. The third kappa shape index (κ3) is 2.83. The van der Waals surface area contributed by atoms with Crippen LogP contribution in [0.3, 0.4) is 0 Å². The van der Waals surface area contributed by atoms with Gasteiger partial charge in [-0.05, 0) is 55.5 Å². The maximum atomic E-state index is 10.7. The van der Waals surface area contributed by atoms with Gasteiger partial charge in [-0.1, -0.05) is 41.6 Å². The molecule has 0 amide bonds. The molecular formula is C18H21NO2. The van der Waals surface area contributed by atoms with Crippen LogP contribution in [0.15, 0.2) is 41.6 Å². The van der Waals surface area contributed by atoms with Crippen molar-refractivity contribution in [2.45, 2.75) is 33.8 Å². The zero-order chi connectivity index (χ0) is 15.6. The van der Waals surface area contributed by atoms with E-state index in [4.69, 9.17) is 0 Å². The minimum absolute atomic E-state index is 0.282. The van der Waals surface area contributed by atoms with Crippen LogP contribution in [0, 0.1) is 27.7 Å². The molecule has 0 saturated carbocycles. The number of benzene rings is 2. The Morgan fingerprint density at radius 3 is 2.10 bits per heavy atom. The molecule has 2 aromatic rings. The lowest BCUT2D eigenvalue weighted by molar-refractivity contribution is 0.235. The lowest BCUT2D eigenvalue weighted by atomic mass is 9.91. The van der Waals surface area contributed by atoms with Crippen LogP contribution >= 0.6 is 0 Å². The monoisotopic (exact) mass is 283 g/mol. The van der Waals surface area contributed by atoms with Gasteiger partial charge in [0, 0.05) is 5.56 Å². The SMILES string of the molecule is Cc1cccc(C(=NO)C(O)c2cccc(C)c2C)c1C. The number of hydrogen-bond donors (Lipinski definition) is 2. The van der Waals surface area contributed by atoms with Gasteiger partial charge in [-0.15, -0.1) is 0 Å². The van der Waals surface area contributed by atoms with Crippen LogP contribution in [0.1, 0.15) is 39.5 Å². The molecule has 0 aliphatic rings. The molecule has 3 nitrogen and oxygen atoms in total. The maximum absolute atomic E-state index is 10.7. The van der Waals surface area contributed by atoms with Gasteiger partial charge in [0.1, 0.15) is 11.8 Å². The van der Waals surface area contributed by atoms with Crippen LogP contribution in [0.2, 0.25) is 0 Å². The standard InChI is InChI=1S/C18H21NO2/c1-11-7-5-9-15(13(11)3)17(19-21)18(20)16-10-6-8-12(2)14(16)4/h5-10,18,20-21H,1-4H3. The number of nitrogens with zero attached hydrogens (tertiary/aromatic N) is 1. The quantitative estimate of drug-likeness (QED) is 0.511. The zero-order valence-corrected chi connectivity index (χ0v) is 12.9. The number of aliphatic hydroxyl groups excluding tert-OH is 1. The van der Waals surface area contributed by atoms with Gasteiger partial charge in [-0.2, -0.15) is 0 Å². The van der Waals surface area contributed by atoms with Crippen LogP contribution in [-0.2, 0) is 0 Å². The summed E-state index contributed by atoms with van der Waals surface area (Å²) in [6.07, 6.45) is -0.949. The number of aryl methyl sites for hydroxylation is 2. The molecule has 1 atom stereocenters. The highest BCUT2D eigenvalue weighted by Crippen LogP contribution is 2.26. The van der Waals surface area contributed by atoms with Gasteiger partial charge in [0.15, 0.2) is 0 Å². The van der Waals surface area contributed by atoms with Crippen molar-refractivity contribution >= 4 is 5.71 Å². The Hall–Kier alpha value is -2.13. The fourth-order valence-corrected chi connectivity index (χ4v) is 2.50. The van der Waals surface area contributed by atoms with E-state index in [2.05, 4.69) is 5.16 Å². The molecule has 21 heavy (non-hydrogen) atoms. The average molecular weight is 283 g/mol. The van der Waals surface area contributed by atoms with Gasteiger partial charge < -0.3 is 10.3 Å². The fourth-order valence-electron chi connectivity index (χ4n) is 2.50. The molecule has 0 bridgehead atoms. The van der Waals surface area contributed by atoms with Crippen LogP contribution in [0.25, 0.3) is 0 Å². The summed E-state index contributed by atoms with van der Waals surface area (Å²) >= 11 is 0. The molecule has 2 N–H and O–H groups in total. The van der Waals surface area contributed by atoms with E-state index in [0.29, 0.717) is 0 Å². The minimum atomic E-state index is -0.949. The summed E-state index contributed by atoms with van der Waals surface area (Å²) in [5.41, 5.74) is 6.04. The average Bonchev–Trinajstić information content (AvgIpc) is 2.47. The highest BCUT2D eigenvalue weighted by molar-refractivity contribution is 6.05. The lowest BCUT2D eigenvalue weighted by Gasteiger charge is -2.18. The van der Waals surface area contributed by atoms with Gasteiger partial charge in [-0.3, -0.25) is 0 Å². The summed E-state index contributed by atoms with van der Waals surface area (Å²) in [6, 6.07) is 11.5. The van der Waals surface area contributed by atoms with Crippen molar-refractivity contribution in [3.8, 4) is 0 Å². The first-order valence-electron chi connectivity index (χ1n) is 7.00. The summed E-state index contributed by atoms with van der Waals surface area (Å²) < 4.78 is 0. The summed E-state index contributed by atoms with van der Waals surface area (Å²) in [5.74, 6) is 0. The summed E-state index contributed by atoms with van der Waals surface area (Å²) in [4.78, 5) is 0. The van der Waals surface area contributed by atoms with Crippen molar-refractivity contribution in [1.29, 1.82) is 0 Å². The van der Waals surface area contributed by atoms with E-state index in [-0.39, 0.29) is 5.71 Å². The van der Waals surface area contributed by atoms with Crippen LogP contribution in [-0.4, -0.2) is 16.0 Å². The maximum Gasteiger partial charge on any atom is 0.125 e. The molecule has 2 aromatic carbocycles. The van der Waals surface area contributed by atoms with Crippen molar-refractivity contribution in [3.63, 3.8) is 0 Å². The van der Waals surface area contributed by atoms with Gasteiger partial charge in [0.05, 0.1) is 0 Å². The van der Waals surface area contributed by atoms with Crippen molar-refractivity contribution in [3.05, 3.63) is 69.8 Å². The first-order chi connectivity index (χ1) is 9.97. The Morgan fingerprint density at radius 1 is 0.905 bits per heavy atom. The van der Waals surface area contributed by atoms with Crippen molar-refractivity contribution in [2.24, 2.45) is 5.16 Å². The molecular weight excluding hydrogens is 262 g/mol. The molecule has 0 aliphatic heterocycles. The second-order valence-electron chi connectivity index (χ2n) is 5.42. The van der Waals surface area contributed by atoms with Gasteiger partial charge in [0.25, 0.3) is 0 Å². The fraction of sp³-hybridized carbons (Fsp3) is 0.278. The van der Waals surface area contributed by atoms with Crippen LogP contribution in [0.4, 0.5) is 0 Å². The first-order valence-corrected chi connectivity index (χ1v) is 7.00. The van der Waals surface area contributed by atoms with E-state index >= 15 is 0 Å². The molecule has 0 spiro atoms. The molecule has 110 valence electrons. The van der Waals surface area contributed by atoms with E-state index < -0.39 is 6.10 Å². The van der Waals surface area contributed by atoms with E-state index in [1.54, 1.807) is 0 Å². The summed E-state index contributed by atoms with van der Waals surface area (Å²) in [5, 5.41) is 23.5. The van der Waals surface area contributed by atoms with Gasteiger partial charge >= 0.3 is 0 Å². The lowest BCUT2D eigenvalue weighted by Crippen LogP contribution is -2.17. The largest absolute Gasteiger partial charge is 0.411 e. The number of aliphatic hydroxyl groups is 1.